The number of benzene rings is 4. The maximum atomic E-state index is 12.9. The Balaban J connectivity index is 0.953. The molecule has 0 saturated carbocycles. The molecule has 2 heterocycles. The van der Waals surface area contributed by atoms with E-state index in [4.69, 9.17) is 4.74 Å². The van der Waals surface area contributed by atoms with E-state index in [9.17, 15) is 14.4 Å². The number of carbonyl (C=O) groups excluding carboxylic acids is 3. The number of rotatable bonds is 12. The van der Waals surface area contributed by atoms with E-state index in [2.05, 4.69) is 48.6 Å². The van der Waals surface area contributed by atoms with Crippen molar-refractivity contribution in [1.82, 2.24) is 9.80 Å². The van der Waals surface area contributed by atoms with Crippen LogP contribution >= 0.6 is 0 Å². The van der Waals surface area contributed by atoms with E-state index < -0.39 is 6.09 Å². The third-order valence-electron chi connectivity index (χ3n) is 9.44. The zero-order valence-electron chi connectivity index (χ0n) is 27.9. The van der Waals surface area contributed by atoms with Crippen LogP contribution in [-0.2, 0) is 17.8 Å². The number of hydrogen-bond donors (Lipinski definition) is 1. The normalized spacial score (nSPS) is 15.4. The van der Waals surface area contributed by atoms with Gasteiger partial charge in [0.05, 0.1) is 37.5 Å². The molecule has 1 saturated heterocycles. The Morgan fingerprint density at radius 3 is 2.02 bits per heavy atom. The van der Waals surface area contributed by atoms with Gasteiger partial charge >= 0.3 is 6.09 Å². The third-order valence-corrected chi connectivity index (χ3v) is 9.44. The molecule has 2 aliphatic heterocycles. The minimum absolute atomic E-state index is 0.115. The van der Waals surface area contributed by atoms with Gasteiger partial charge in [-0.3, -0.25) is 24.7 Å². The monoisotopic (exact) mass is 645 g/mol. The molecular weight excluding hydrogens is 600 g/mol. The molecule has 4 aromatic rings. The van der Waals surface area contributed by atoms with Gasteiger partial charge in [0.25, 0.3) is 11.8 Å². The summed E-state index contributed by atoms with van der Waals surface area (Å²) in [7, 11) is 4.48. The van der Waals surface area contributed by atoms with Gasteiger partial charge in [0.1, 0.15) is 12.6 Å². The first-order chi connectivity index (χ1) is 23.3. The standard InChI is InChI=1S/C40H44N4O4/c1-44(2,27-13-12-24-43-38(45)35-19-8-9-20-36(35)39(43)46)29-32-17-7-6-16-31(32)28-42-25-22-33(23-26-42)48-40(47)41-37-21-11-10-18-34(37)30-14-4-3-5-15-30/h3-11,14-21,33H,12-13,22-29H2,1-2H3/p+1. The van der Waals surface area contributed by atoms with Crippen molar-refractivity contribution < 1.29 is 23.6 Å². The van der Waals surface area contributed by atoms with Gasteiger partial charge in [-0.2, -0.15) is 0 Å². The molecule has 0 aliphatic carbocycles. The van der Waals surface area contributed by atoms with Gasteiger partial charge < -0.3 is 9.22 Å². The molecule has 0 atom stereocenters. The molecule has 0 unspecified atom stereocenters. The fourth-order valence-electron chi connectivity index (χ4n) is 6.84. The molecular formula is C40H45N4O4+. The first kappa shape index (κ1) is 33.1. The second kappa shape index (κ2) is 15.0. The molecule has 48 heavy (non-hydrogen) atoms. The molecule has 6 rings (SSSR count). The number of unbranched alkanes of at least 4 members (excludes halogenated alkanes) is 1. The predicted molar refractivity (Wildman–Crippen MR) is 188 cm³/mol. The van der Waals surface area contributed by atoms with Crippen LogP contribution in [0.1, 0.15) is 57.5 Å². The molecule has 0 spiro atoms. The Bertz CT molecular complexity index is 1710. The minimum Gasteiger partial charge on any atom is -0.446 e. The van der Waals surface area contributed by atoms with E-state index in [1.165, 1.54) is 16.0 Å². The molecule has 0 aromatic heterocycles. The Hall–Kier alpha value is -4.79. The smallest absolute Gasteiger partial charge is 0.411 e. The summed E-state index contributed by atoms with van der Waals surface area (Å²) in [6.45, 7) is 4.88. The van der Waals surface area contributed by atoms with E-state index in [1.54, 1.807) is 24.3 Å². The zero-order chi connectivity index (χ0) is 33.5. The minimum atomic E-state index is -0.411. The quantitative estimate of drug-likeness (QED) is 0.100. The van der Waals surface area contributed by atoms with Crippen LogP contribution in [0.15, 0.2) is 103 Å². The maximum absolute atomic E-state index is 12.9. The van der Waals surface area contributed by atoms with Crippen molar-refractivity contribution in [2.45, 2.75) is 44.9 Å². The van der Waals surface area contributed by atoms with Crippen LogP contribution < -0.4 is 5.32 Å². The summed E-state index contributed by atoms with van der Waals surface area (Å²) >= 11 is 0. The molecule has 3 amide bonds. The van der Waals surface area contributed by atoms with Gasteiger partial charge in [-0.15, -0.1) is 0 Å². The van der Waals surface area contributed by atoms with Crippen molar-refractivity contribution in [1.29, 1.82) is 0 Å². The lowest BCUT2D eigenvalue weighted by Gasteiger charge is -2.33. The van der Waals surface area contributed by atoms with Crippen molar-refractivity contribution in [2.24, 2.45) is 0 Å². The maximum Gasteiger partial charge on any atom is 0.411 e. The first-order valence-corrected chi connectivity index (χ1v) is 17.0. The van der Waals surface area contributed by atoms with Gasteiger partial charge in [-0.1, -0.05) is 84.9 Å². The third kappa shape index (κ3) is 8.01. The van der Waals surface area contributed by atoms with Crippen LogP contribution in [-0.4, -0.2) is 78.6 Å². The second-order valence-electron chi connectivity index (χ2n) is 13.5. The van der Waals surface area contributed by atoms with Crippen molar-refractivity contribution in [3.63, 3.8) is 0 Å². The van der Waals surface area contributed by atoms with Crippen LogP contribution in [0, 0.1) is 0 Å². The first-order valence-electron chi connectivity index (χ1n) is 17.0. The molecule has 4 aromatic carbocycles. The predicted octanol–water partition coefficient (Wildman–Crippen LogP) is 7.22. The number of likely N-dealkylation sites (tertiary alicyclic amines) is 1. The number of imide groups is 1. The summed E-state index contributed by atoms with van der Waals surface area (Å²) in [5, 5.41) is 2.97. The number of nitrogens with zero attached hydrogens (tertiary/aromatic N) is 3. The number of hydrogen-bond acceptors (Lipinski definition) is 5. The van der Waals surface area contributed by atoms with Crippen molar-refractivity contribution in [3.8, 4) is 11.1 Å². The fourth-order valence-corrected chi connectivity index (χ4v) is 6.84. The summed E-state index contributed by atoms with van der Waals surface area (Å²) in [5.74, 6) is -0.358. The summed E-state index contributed by atoms with van der Waals surface area (Å²) < 4.78 is 6.68. The van der Waals surface area contributed by atoms with Crippen molar-refractivity contribution in [3.05, 3.63) is 125 Å². The largest absolute Gasteiger partial charge is 0.446 e. The van der Waals surface area contributed by atoms with Crippen LogP contribution in [0.25, 0.3) is 11.1 Å². The Morgan fingerprint density at radius 2 is 1.33 bits per heavy atom. The second-order valence-corrected chi connectivity index (χ2v) is 13.5. The summed E-state index contributed by atoms with van der Waals surface area (Å²) in [6.07, 6.45) is 2.77. The fraction of sp³-hybridized carbons (Fsp3) is 0.325. The number of piperidine rings is 1. The Labute approximate surface area is 283 Å². The Morgan fingerprint density at radius 1 is 0.750 bits per heavy atom. The highest BCUT2D eigenvalue weighted by Crippen LogP contribution is 2.28. The van der Waals surface area contributed by atoms with Crippen molar-refractivity contribution >= 4 is 23.6 Å². The number of nitrogens with one attached hydrogen (secondary N) is 1. The summed E-state index contributed by atoms with van der Waals surface area (Å²) in [5.41, 5.74) is 6.43. The van der Waals surface area contributed by atoms with Crippen LogP contribution in [0.4, 0.5) is 10.5 Å². The van der Waals surface area contributed by atoms with Gasteiger partial charge in [0, 0.05) is 37.3 Å². The number of amides is 3. The lowest BCUT2D eigenvalue weighted by molar-refractivity contribution is -0.903. The number of para-hydroxylation sites is 1. The molecule has 8 nitrogen and oxygen atoms in total. The van der Waals surface area contributed by atoms with Crippen LogP contribution in [0.5, 0.6) is 0 Å². The molecule has 248 valence electrons. The molecule has 2 aliphatic rings. The Kier molecular flexibility index (Phi) is 10.3. The van der Waals surface area contributed by atoms with Crippen LogP contribution in [0.3, 0.4) is 0 Å². The SMILES string of the molecule is C[N+](C)(CCCCN1C(=O)c2ccccc2C1=O)Cc1ccccc1CN1CCC(OC(=O)Nc2ccccc2-c2ccccc2)CC1. The zero-order valence-corrected chi connectivity index (χ0v) is 27.9. The highest BCUT2D eigenvalue weighted by atomic mass is 16.6. The lowest BCUT2D eigenvalue weighted by atomic mass is 10.0. The van der Waals surface area contributed by atoms with E-state index in [0.29, 0.717) is 17.7 Å². The van der Waals surface area contributed by atoms with E-state index in [-0.39, 0.29) is 17.9 Å². The van der Waals surface area contributed by atoms with Gasteiger partial charge in [0.2, 0.25) is 0 Å². The van der Waals surface area contributed by atoms with Gasteiger partial charge in [-0.05, 0) is 55.0 Å². The van der Waals surface area contributed by atoms with Crippen molar-refractivity contribution in [2.75, 3.05) is 45.6 Å². The number of ether oxygens (including phenoxy) is 1. The van der Waals surface area contributed by atoms with Gasteiger partial charge in [-0.25, -0.2) is 4.79 Å². The summed E-state index contributed by atoms with van der Waals surface area (Å²) in [4.78, 5) is 42.1. The number of anilines is 1. The highest BCUT2D eigenvalue weighted by Gasteiger charge is 2.34. The van der Waals surface area contributed by atoms with E-state index >= 15 is 0 Å². The molecule has 0 bridgehead atoms. The number of carbonyl (C=O) groups is 3. The topological polar surface area (TPSA) is 79.0 Å². The van der Waals surface area contributed by atoms with E-state index in [0.717, 1.165) is 79.7 Å². The molecule has 1 N–H and O–H groups in total. The summed E-state index contributed by atoms with van der Waals surface area (Å²) in [6, 6.07) is 33.5. The molecule has 0 radical (unpaired) electrons. The average molecular weight is 646 g/mol. The average Bonchev–Trinajstić information content (AvgIpc) is 3.33. The molecule has 1 fully saturated rings. The van der Waals surface area contributed by atoms with Gasteiger partial charge in [0.15, 0.2) is 0 Å². The number of quaternary nitrogens is 1. The number of fused-ring (bicyclic) bond motifs is 1. The van der Waals surface area contributed by atoms with E-state index in [1.807, 2.05) is 54.6 Å². The molecule has 8 heteroatoms. The lowest BCUT2D eigenvalue weighted by Crippen LogP contribution is -2.41. The highest BCUT2D eigenvalue weighted by molar-refractivity contribution is 6.21. The van der Waals surface area contributed by atoms with Crippen LogP contribution in [0.2, 0.25) is 0 Å².